The van der Waals surface area contributed by atoms with Crippen LogP contribution in [0.25, 0.3) is 10.9 Å². The molecule has 2 aliphatic rings. The summed E-state index contributed by atoms with van der Waals surface area (Å²) in [5, 5.41) is 11.8. The van der Waals surface area contributed by atoms with E-state index in [-0.39, 0.29) is 17.6 Å². The van der Waals surface area contributed by atoms with Crippen molar-refractivity contribution in [2.45, 2.75) is 18.6 Å². The van der Waals surface area contributed by atoms with Crippen LogP contribution >= 0.6 is 0 Å². The minimum Gasteiger partial charge on any atom is -0.477 e. The number of nitrogens with two attached hydrogens (primary N) is 1. The van der Waals surface area contributed by atoms with Gasteiger partial charge in [0.15, 0.2) is 11.6 Å². The van der Waals surface area contributed by atoms with E-state index in [1.54, 1.807) is 0 Å². The van der Waals surface area contributed by atoms with Crippen LogP contribution in [-0.4, -0.2) is 48.0 Å². The molecule has 1 aliphatic carbocycles. The Kier molecular flexibility index (Phi) is 4.02. The number of piperazine rings is 1. The SMILES string of the molecule is Nc1c(F)c(N2CCNCC2)c(F)c2c1c(=O)c(C(=O)O)cn2C1CC1F. The van der Waals surface area contributed by atoms with Crippen molar-refractivity contribution >= 4 is 28.2 Å². The molecule has 2 fully saturated rings. The van der Waals surface area contributed by atoms with Gasteiger partial charge in [-0.25, -0.2) is 18.0 Å². The summed E-state index contributed by atoms with van der Waals surface area (Å²) in [5.74, 6) is -3.72. The predicted octanol–water partition coefficient (Wildman–Crippen LogP) is 1.25. The number of hydrogen-bond acceptors (Lipinski definition) is 5. The van der Waals surface area contributed by atoms with E-state index < -0.39 is 51.9 Å². The highest BCUT2D eigenvalue weighted by Gasteiger charge is 2.41. The van der Waals surface area contributed by atoms with Crippen molar-refractivity contribution in [3.8, 4) is 0 Å². The van der Waals surface area contributed by atoms with Crippen LogP contribution in [0.4, 0.5) is 24.5 Å². The minimum atomic E-state index is -1.57. The van der Waals surface area contributed by atoms with Crippen LogP contribution < -0.4 is 21.4 Å². The van der Waals surface area contributed by atoms with Gasteiger partial charge in [-0.1, -0.05) is 0 Å². The monoisotopic (exact) mass is 382 g/mol. The van der Waals surface area contributed by atoms with E-state index in [2.05, 4.69) is 5.32 Å². The highest BCUT2D eigenvalue weighted by Crippen LogP contribution is 2.43. The molecule has 1 saturated heterocycles. The first-order valence-electron chi connectivity index (χ1n) is 8.51. The molecule has 0 radical (unpaired) electrons. The molecule has 1 saturated carbocycles. The van der Waals surface area contributed by atoms with Crippen LogP contribution in [0.15, 0.2) is 11.0 Å². The Bertz CT molecular complexity index is 1020. The average molecular weight is 382 g/mol. The zero-order valence-electron chi connectivity index (χ0n) is 14.1. The van der Waals surface area contributed by atoms with Crippen molar-refractivity contribution in [3.05, 3.63) is 33.6 Å². The van der Waals surface area contributed by atoms with Crippen molar-refractivity contribution in [2.24, 2.45) is 0 Å². The molecule has 4 rings (SSSR count). The van der Waals surface area contributed by atoms with Gasteiger partial charge in [0.2, 0.25) is 5.43 Å². The number of nitrogen functional groups attached to an aromatic ring is 1. The number of carboxylic acids is 1. The number of anilines is 2. The van der Waals surface area contributed by atoms with Gasteiger partial charge < -0.3 is 25.6 Å². The molecule has 1 aromatic heterocycles. The number of fused-ring (bicyclic) bond motifs is 1. The molecule has 4 N–H and O–H groups in total. The summed E-state index contributed by atoms with van der Waals surface area (Å²) in [6, 6.07) is -0.818. The lowest BCUT2D eigenvalue weighted by Crippen LogP contribution is -2.44. The number of halogens is 3. The molecule has 2 heterocycles. The lowest BCUT2D eigenvalue weighted by Gasteiger charge is -2.31. The Morgan fingerprint density at radius 1 is 1.26 bits per heavy atom. The standard InChI is InChI=1S/C17H17F3N4O3/c18-8-5-9(8)24-6-7(17(26)27)16(25)10-13(21)11(19)15(12(20)14(10)24)23-3-1-22-2-4-23/h6,8-9,22H,1-5,21H2,(H,26,27). The number of carbonyl (C=O) groups is 1. The first-order valence-corrected chi connectivity index (χ1v) is 8.51. The molecule has 1 aliphatic heterocycles. The molecule has 7 nitrogen and oxygen atoms in total. The quantitative estimate of drug-likeness (QED) is 0.691. The van der Waals surface area contributed by atoms with Crippen LogP contribution in [0.1, 0.15) is 22.8 Å². The highest BCUT2D eigenvalue weighted by molar-refractivity contribution is 5.99. The van der Waals surface area contributed by atoms with Crippen molar-refractivity contribution < 1.29 is 23.1 Å². The Labute approximate surface area is 151 Å². The second kappa shape index (κ2) is 6.15. The van der Waals surface area contributed by atoms with E-state index >= 15 is 4.39 Å². The summed E-state index contributed by atoms with van der Waals surface area (Å²) >= 11 is 0. The number of pyridine rings is 1. The smallest absolute Gasteiger partial charge is 0.341 e. The predicted molar refractivity (Wildman–Crippen MR) is 93.1 cm³/mol. The summed E-state index contributed by atoms with van der Waals surface area (Å²) in [7, 11) is 0. The molecule has 0 amide bonds. The number of nitrogens with one attached hydrogen (secondary N) is 1. The van der Waals surface area contributed by atoms with Gasteiger partial charge in [-0.2, -0.15) is 0 Å². The van der Waals surface area contributed by atoms with Gasteiger partial charge in [-0.05, 0) is 0 Å². The number of aromatic carboxylic acids is 1. The Morgan fingerprint density at radius 3 is 2.44 bits per heavy atom. The van der Waals surface area contributed by atoms with Crippen molar-refractivity contribution in [3.63, 3.8) is 0 Å². The van der Waals surface area contributed by atoms with E-state index in [0.29, 0.717) is 26.2 Å². The van der Waals surface area contributed by atoms with Crippen LogP contribution in [-0.2, 0) is 0 Å². The van der Waals surface area contributed by atoms with Crippen molar-refractivity contribution in [1.82, 2.24) is 9.88 Å². The third-order valence-corrected chi connectivity index (χ3v) is 5.07. The lowest BCUT2D eigenvalue weighted by atomic mass is 10.1. The molecular formula is C17H17F3N4O3. The fraction of sp³-hybridized carbons (Fsp3) is 0.412. The first-order chi connectivity index (χ1) is 12.8. The normalized spacial score (nSPS) is 22.3. The maximum atomic E-state index is 15.4. The molecule has 2 atom stereocenters. The fourth-order valence-corrected chi connectivity index (χ4v) is 3.57. The van der Waals surface area contributed by atoms with Crippen LogP contribution in [0.3, 0.4) is 0 Å². The zero-order chi connectivity index (χ0) is 19.5. The van der Waals surface area contributed by atoms with E-state index in [1.807, 2.05) is 0 Å². The fourth-order valence-electron chi connectivity index (χ4n) is 3.57. The van der Waals surface area contributed by atoms with Gasteiger partial charge in [0, 0.05) is 38.8 Å². The Balaban J connectivity index is 2.09. The van der Waals surface area contributed by atoms with E-state index in [4.69, 9.17) is 5.73 Å². The van der Waals surface area contributed by atoms with Gasteiger partial charge in [-0.15, -0.1) is 0 Å². The molecular weight excluding hydrogens is 365 g/mol. The highest BCUT2D eigenvalue weighted by atomic mass is 19.1. The molecule has 2 unspecified atom stereocenters. The molecule has 2 aromatic rings. The molecule has 10 heteroatoms. The van der Waals surface area contributed by atoms with E-state index in [1.165, 1.54) is 4.90 Å². The second-order valence-electron chi connectivity index (χ2n) is 6.75. The van der Waals surface area contributed by atoms with Crippen LogP contribution in [0, 0.1) is 11.6 Å². The van der Waals surface area contributed by atoms with Crippen LogP contribution in [0.2, 0.25) is 0 Å². The van der Waals surface area contributed by atoms with Gasteiger partial charge in [-0.3, -0.25) is 4.79 Å². The number of aromatic nitrogens is 1. The summed E-state index contributed by atoms with van der Waals surface area (Å²) in [6.45, 7) is 1.67. The summed E-state index contributed by atoms with van der Waals surface area (Å²) in [4.78, 5) is 25.4. The zero-order valence-corrected chi connectivity index (χ0v) is 14.1. The number of carboxylic acid groups (broad SMARTS) is 1. The maximum absolute atomic E-state index is 15.4. The largest absolute Gasteiger partial charge is 0.477 e. The topological polar surface area (TPSA) is 101 Å². The number of nitrogens with zero attached hydrogens (tertiary/aromatic N) is 2. The summed E-state index contributed by atoms with van der Waals surface area (Å²) < 4.78 is 45.1. The van der Waals surface area contributed by atoms with Gasteiger partial charge >= 0.3 is 5.97 Å². The van der Waals surface area contributed by atoms with Gasteiger partial charge in [0.1, 0.15) is 17.4 Å². The number of alkyl halides is 1. The Hall–Kier alpha value is -2.75. The minimum absolute atomic E-state index is 0.0523. The maximum Gasteiger partial charge on any atom is 0.341 e. The second-order valence-corrected chi connectivity index (χ2v) is 6.75. The third kappa shape index (κ3) is 2.62. The molecule has 27 heavy (non-hydrogen) atoms. The Morgan fingerprint density at radius 2 is 1.89 bits per heavy atom. The average Bonchev–Trinajstić information content (AvgIpc) is 3.36. The van der Waals surface area contributed by atoms with E-state index in [0.717, 1.165) is 10.8 Å². The van der Waals surface area contributed by atoms with Crippen molar-refractivity contribution in [1.29, 1.82) is 0 Å². The van der Waals surface area contributed by atoms with Gasteiger partial charge in [0.05, 0.1) is 22.6 Å². The lowest BCUT2D eigenvalue weighted by molar-refractivity contribution is 0.0694. The number of benzene rings is 1. The van der Waals surface area contributed by atoms with E-state index in [9.17, 15) is 23.5 Å². The molecule has 0 bridgehead atoms. The van der Waals surface area contributed by atoms with Gasteiger partial charge in [0.25, 0.3) is 0 Å². The molecule has 0 spiro atoms. The number of rotatable bonds is 3. The molecule has 144 valence electrons. The van der Waals surface area contributed by atoms with Crippen molar-refractivity contribution in [2.75, 3.05) is 36.8 Å². The first kappa shape index (κ1) is 17.7. The summed E-state index contributed by atoms with van der Waals surface area (Å²) in [6.07, 6.45) is -0.332. The number of hydrogen-bond donors (Lipinski definition) is 3. The molecule has 1 aromatic carbocycles. The third-order valence-electron chi connectivity index (χ3n) is 5.07. The summed E-state index contributed by atoms with van der Waals surface area (Å²) in [5.41, 5.74) is 2.64. The van der Waals surface area contributed by atoms with Crippen LogP contribution in [0.5, 0.6) is 0 Å².